The Balaban J connectivity index is 1.37. The molecule has 0 spiro atoms. The average Bonchev–Trinajstić information content (AvgIpc) is 3.31. The third-order valence-corrected chi connectivity index (χ3v) is 8.04. The predicted octanol–water partition coefficient (Wildman–Crippen LogP) is 6.04. The lowest BCUT2D eigenvalue weighted by atomic mass is 9.93. The minimum absolute atomic E-state index is 0.116. The molecule has 1 heterocycles. The number of benzene rings is 3. The number of urea groups is 1. The molecule has 1 aliphatic carbocycles. The van der Waals surface area contributed by atoms with Crippen molar-refractivity contribution >= 4 is 46.7 Å². The van der Waals surface area contributed by atoms with Crippen LogP contribution in [0.5, 0.6) is 0 Å². The van der Waals surface area contributed by atoms with Gasteiger partial charge in [-0.1, -0.05) is 30.3 Å². The number of amides is 5. The summed E-state index contributed by atoms with van der Waals surface area (Å²) in [5.74, 6) is -3.07. The van der Waals surface area contributed by atoms with Crippen LogP contribution in [-0.2, 0) is 11.3 Å². The van der Waals surface area contributed by atoms with Crippen molar-refractivity contribution in [3.63, 3.8) is 0 Å². The van der Waals surface area contributed by atoms with E-state index in [-0.39, 0.29) is 35.2 Å². The van der Waals surface area contributed by atoms with Gasteiger partial charge in [-0.2, -0.15) is 0 Å². The maximum absolute atomic E-state index is 13.8. The number of rotatable bonds is 10. The van der Waals surface area contributed by atoms with Crippen molar-refractivity contribution in [3.8, 4) is 0 Å². The number of nitrogens with zero attached hydrogens (tertiary/aromatic N) is 2. The lowest BCUT2D eigenvalue weighted by Crippen LogP contribution is -2.36. The van der Waals surface area contributed by atoms with Crippen molar-refractivity contribution in [2.24, 2.45) is 0 Å². The molecule has 1 unspecified atom stereocenters. The van der Waals surface area contributed by atoms with E-state index in [2.05, 4.69) is 16.7 Å². The molecule has 5 rings (SSSR count). The zero-order chi connectivity index (χ0) is 33.0. The number of carboxylic acid groups (broad SMARTS) is 1. The topological polar surface area (TPSA) is 136 Å². The van der Waals surface area contributed by atoms with E-state index in [0.717, 1.165) is 24.8 Å². The zero-order valence-electron chi connectivity index (χ0n) is 25.6. The fourth-order valence-electron chi connectivity index (χ4n) is 5.55. The van der Waals surface area contributed by atoms with Gasteiger partial charge in [0.25, 0.3) is 17.7 Å². The Morgan fingerprint density at radius 3 is 2.26 bits per heavy atom. The minimum Gasteiger partial charge on any atom is -0.479 e. The van der Waals surface area contributed by atoms with Gasteiger partial charge in [-0.15, -0.1) is 0 Å². The second kappa shape index (κ2) is 13.8. The largest absolute Gasteiger partial charge is 0.479 e. The first-order valence-corrected chi connectivity index (χ1v) is 15.2. The van der Waals surface area contributed by atoms with Crippen molar-refractivity contribution in [1.29, 1.82) is 0 Å². The van der Waals surface area contributed by atoms with Crippen molar-refractivity contribution < 1.29 is 33.5 Å². The normalized spacial score (nSPS) is 14.9. The van der Waals surface area contributed by atoms with Gasteiger partial charge in [0.2, 0.25) is 6.17 Å². The Morgan fingerprint density at radius 1 is 0.935 bits per heavy atom. The first kappa shape index (κ1) is 32.1. The van der Waals surface area contributed by atoms with Gasteiger partial charge in [-0.3, -0.25) is 24.2 Å². The molecule has 46 heavy (non-hydrogen) atoms. The van der Waals surface area contributed by atoms with E-state index in [1.165, 1.54) is 46.1 Å². The smallest absolute Gasteiger partial charge is 0.340 e. The number of nitrogens with one attached hydrogen (secondary N) is 2. The highest BCUT2D eigenvalue weighted by atomic mass is 19.1. The van der Waals surface area contributed by atoms with Gasteiger partial charge in [-0.25, -0.2) is 14.0 Å². The number of fused-ring (bicyclic) bond motifs is 1. The third-order valence-electron chi connectivity index (χ3n) is 8.04. The molecule has 0 aromatic heterocycles. The maximum atomic E-state index is 13.8. The number of carbonyl (C=O) groups excluding carboxylic acids is 4. The molecule has 10 nitrogen and oxygen atoms in total. The van der Waals surface area contributed by atoms with Crippen LogP contribution in [0, 0.1) is 0 Å². The molecular formula is C35H35FN4O6. The van der Waals surface area contributed by atoms with E-state index in [1.54, 1.807) is 32.0 Å². The lowest BCUT2D eigenvalue weighted by Gasteiger charge is -2.24. The summed E-state index contributed by atoms with van der Waals surface area (Å²) in [6.45, 7) is 2.98. The van der Waals surface area contributed by atoms with E-state index in [4.69, 9.17) is 5.11 Å². The molecule has 0 saturated carbocycles. The zero-order valence-corrected chi connectivity index (χ0v) is 25.6. The van der Waals surface area contributed by atoms with Crippen LogP contribution in [-0.4, -0.2) is 58.5 Å². The van der Waals surface area contributed by atoms with Crippen LogP contribution in [0.3, 0.4) is 0 Å². The van der Waals surface area contributed by atoms with Crippen LogP contribution in [0.25, 0.3) is 5.57 Å². The molecule has 0 bridgehead atoms. The number of aliphatic carboxylic acids is 1. The van der Waals surface area contributed by atoms with E-state index in [9.17, 15) is 28.4 Å². The summed E-state index contributed by atoms with van der Waals surface area (Å²) in [5, 5.41) is 13.8. The maximum Gasteiger partial charge on any atom is 0.340 e. The number of hydrogen-bond donors (Lipinski definition) is 3. The molecular weight excluding hydrogens is 591 g/mol. The number of halogens is 1. The van der Waals surface area contributed by atoms with E-state index >= 15 is 0 Å². The summed E-state index contributed by atoms with van der Waals surface area (Å²) < 4.78 is 13.4. The number of carboxylic acids is 1. The van der Waals surface area contributed by atoms with Gasteiger partial charge in [0.1, 0.15) is 0 Å². The number of imide groups is 1. The Bertz CT molecular complexity index is 1700. The minimum atomic E-state index is -2.21. The van der Waals surface area contributed by atoms with Crippen molar-refractivity contribution in [2.75, 3.05) is 16.8 Å². The predicted molar refractivity (Wildman–Crippen MR) is 171 cm³/mol. The molecule has 0 radical (unpaired) electrons. The second-order valence-electron chi connectivity index (χ2n) is 11.6. The molecule has 238 valence electrons. The van der Waals surface area contributed by atoms with Gasteiger partial charge < -0.3 is 15.7 Å². The monoisotopic (exact) mass is 626 g/mol. The molecule has 3 aromatic rings. The van der Waals surface area contributed by atoms with Crippen LogP contribution in [0.4, 0.5) is 20.6 Å². The second-order valence-corrected chi connectivity index (χ2v) is 11.6. The van der Waals surface area contributed by atoms with E-state index in [1.807, 2.05) is 24.3 Å². The molecule has 0 fully saturated rings. The van der Waals surface area contributed by atoms with Gasteiger partial charge in [0.15, 0.2) is 0 Å². The first-order chi connectivity index (χ1) is 22.0. The van der Waals surface area contributed by atoms with Crippen molar-refractivity contribution in [2.45, 2.75) is 58.3 Å². The molecule has 3 aromatic carbocycles. The number of allylic oxidation sites excluding steroid dienone is 2. The van der Waals surface area contributed by atoms with E-state index in [0.29, 0.717) is 16.9 Å². The Labute approximate surface area is 265 Å². The summed E-state index contributed by atoms with van der Waals surface area (Å²) in [5.41, 5.74) is 4.73. The van der Waals surface area contributed by atoms with E-state index < -0.39 is 36.5 Å². The highest BCUT2D eigenvalue weighted by Crippen LogP contribution is 2.30. The Hall–Kier alpha value is -5.32. The number of carbonyl (C=O) groups is 5. The van der Waals surface area contributed by atoms with Gasteiger partial charge in [-0.05, 0) is 98.7 Å². The average molecular weight is 627 g/mol. The first-order valence-electron chi connectivity index (χ1n) is 15.2. The number of anilines is 2. The Morgan fingerprint density at radius 2 is 1.63 bits per heavy atom. The van der Waals surface area contributed by atoms with Crippen LogP contribution >= 0.6 is 0 Å². The third kappa shape index (κ3) is 6.98. The van der Waals surface area contributed by atoms with Crippen molar-refractivity contribution in [1.82, 2.24) is 10.2 Å². The number of alkyl halides is 1. The molecule has 3 N–H and O–H groups in total. The summed E-state index contributed by atoms with van der Waals surface area (Å²) in [7, 11) is 0. The molecule has 1 aliphatic heterocycles. The highest BCUT2D eigenvalue weighted by Gasteiger charge is 2.37. The molecule has 5 amide bonds. The molecule has 1 atom stereocenters. The SMILES string of the molecule is CC(C)N1C(=O)c2ccc(NC(=O)N(Cc3ccc(C(=O)NCC(F)C(=O)O)cc3)c3ccc(C4=CCCCC4)cc3)cc2C1=O. The fraction of sp³-hybridized carbons (Fsp3) is 0.286. The van der Waals surface area contributed by atoms with Crippen LogP contribution in [0.2, 0.25) is 0 Å². The molecule has 11 heteroatoms. The number of hydrogen-bond acceptors (Lipinski definition) is 5. The Kier molecular flexibility index (Phi) is 9.60. The van der Waals surface area contributed by atoms with Crippen LogP contribution in [0.15, 0.2) is 72.8 Å². The summed E-state index contributed by atoms with van der Waals surface area (Å²) in [4.78, 5) is 65.2. The van der Waals surface area contributed by atoms with Crippen molar-refractivity contribution in [3.05, 3.63) is 101 Å². The van der Waals surface area contributed by atoms with Gasteiger partial charge >= 0.3 is 12.0 Å². The molecule has 0 saturated heterocycles. The summed E-state index contributed by atoms with van der Waals surface area (Å²) >= 11 is 0. The lowest BCUT2D eigenvalue weighted by molar-refractivity contribution is -0.142. The quantitative estimate of drug-likeness (QED) is 0.235. The summed E-state index contributed by atoms with van der Waals surface area (Å²) in [6.07, 6.45) is 4.38. The molecule has 2 aliphatic rings. The summed E-state index contributed by atoms with van der Waals surface area (Å²) in [6, 6.07) is 17.9. The fourth-order valence-corrected chi connectivity index (χ4v) is 5.55. The standard InChI is InChI=1S/C35H35FN4O6/c1-21(2)40-32(42)28-17-14-26(18-29(28)33(40)43)38-35(46)39(27-15-12-24(13-16-27)23-6-4-3-5-7-23)20-22-8-10-25(11-9-22)31(41)37-19-30(36)34(44)45/h6,8-18,21,30H,3-5,7,19-20H2,1-2H3,(H,37,41)(H,38,46)(H,44,45). The highest BCUT2D eigenvalue weighted by molar-refractivity contribution is 6.22. The van der Waals surface area contributed by atoms with Gasteiger partial charge in [0.05, 0.1) is 24.2 Å². The van der Waals surface area contributed by atoms with Crippen LogP contribution in [0.1, 0.15) is 81.7 Å². The van der Waals surface area contributed by atoms with Crippen LogP contribution < -0.4 is 15.5 Å². The van der Waals surface area contributed by atoms with Gasteiger partial charge in [0, 0.05) is 23.0 Å².